The molecule has 1 heterocycles. The second kappa shape index (κ2) is 6.37. The molecule has 0 aromatic heterocycles. The maximum absolute atomic E-state index is 11.7. The molecule has 0 atom stereocenters. The maximum Gasteiger partial charge on any atom is 0.337 e. The fourth-order valence-electron chi connectivity index (χ4n) is 4.14. The van der Waals surface area contributed by atoms with Gasteiger partial charge in [-0.2, -0.15) is 0 Å². The third kappa shape index (κ3) is 2.54. The molecule has 0 unspecified atom stereocenters. The molecule has 1 aliphatic rings. The molecule has 1 N–H and O–H groups in total. The van der Waals surface area contributed by atoms with Crippen molar-refractivity contribution < 1.29 is 19.4 Å². The fourth-order valence-corrected chi connectivity index (χ4v) is 4.14. The van der Waals surface area contributed by atoms with E-state index in [4.69, 9.17) is 4.74 Å². The number of aromatic hydroxyl groups is 1. The van der Waals surface area contributed by atoms with Gasteiger partial charge < -0.3 is 14.7 Å². The molecular formula is C23H21NO4. The summed E-state index contributed by atoms with van der Waals surface area (Å²) in [6.07, 6.45) is 0.724. The molecule has 0 spiro atoms. The number of benzene rings is 3. The Morgan fingerprint density at radius 1 is 1.11 bits per heavy atom. The number of nitrogens with zero attached hydrogens (tertiary/aromatic N) is 1. The highest BCUT2D eigenvalue weighted by Crippen LogP contribution is 2.53. The average molecular weight is 375 g/mol. The minimum atomic E-state index is -0.382. The number of anilines is 2. The molecule has 1 aliphatic heterocycles. The summed E-state index contributed by atoms with van der Waals surface area (Å²) in [5.74, 6) is -0.338. The molecule has 4 rings (SSSR count). The van der Waals surface area contributed by atoms with Gasteiger partial charge in [-0.1, -0.05) is 38.1 Å². The summed E-state index contributed by atoms with van der Waals surface area (Å²) < 4.78 is 4.77. The zero-order valence-electron chi connectivity index (χ0n) is 16.0. The van der Waals surface area contributed by atoms with E-state index >= 15 is 0 Å². The predicted octanol–water partition coefficient (Wildman–Crippen LogP) is 4.57. The number of carbonyl (C=O) groups excluding carboxylic acids is 2. The van der Waals surface area contributed by atoms with E-state index in [2.05, 4.69) is 18.7 Å². The topological polar surface area (TPSA) is 66.8 Å². The van der Waals surface area contributed by atoms with Crippen LogP contribution in [0.25, 0.3) is 10.8 Å². The largest absolute Gasteiger partial charge is 0.507 e. The highest BCUT2D eigenvalue weighted by molar-refractivity contribution is 6.10. The van der Waals surface area contributed by atoms with Crippen molar-refractivity contribution in [2.75, 3.05) is 18.6 Å². The van der Waals surface area contributed by atoms with Crippen molar-refractivity contribution in [2.45, 2.75) is 19.3 Å². The highest BCUT2D eigenvalue weighted by atomic mass is 16.5. The summed E-state index contributed by atoms with van der Waals surface area (Å²) in [6.45, 7) is 4.75. The van der Waals surface area contributed by atoms with Crippen molar-refractivity contribution in [1.29, 1.82) is 0 Å². The molecule has 0 aliphatic carbocycles. The van der Waals surface area contributed by atoms with Crippen molar-refractivity contribution in [3.05, 3.63) is 65.2 Å². The van der Waals surface area contributed by atoms with Crippen LogP contribution in [0, 0.1) is 0 Å². The van der Waals surface area contributed by atoms with Gasteiger partial charge in [0.25, 0.3) is 0 Å². The SMILES string of the molecule is COC(=O)c1ccc(N2CC(C)(C)c3c(O)c(C=O)c4ccccc4c32)cc1. The molecule has 0 saturated heterocycles. The van der Waals surface area contributed by atoms with Crippen molar-refractivity contribution >= 4 is 34.4 Å². The first-order valence-electron chi connectivity index (χ1n) is 9.08. The van der Waals surface area contributed by atoms with E-state index in [1.807, 2.05) is 36.4 Å². The Bertz CT molecular complexity index is 1100. The summed E-state index contributed by atoms with van der Waals surface area (Å²) in [7, 11) is 1.36. The van der Waals surface area contributed by atoms with Crippen LogP contribution >= 0.6 is 0 Å². The standard InChI is InChI=1S/C23H21NO4/c1-23(2)13-24(15-10-8-14(9-11-15)22(27)28-3)20-17-7-5-4-6-16(17)18(12-25)21(26)19(20)23/h4-12,26H,13H2,1-3H3. The van der Waals surface area contributed by atoms with Crippen LogP contribution in [-0.4, -0.2) is 31.0 Å². The first-order chi connectivity index (χ1) is 13.4. The van der Waals surface area contributed by atoms with Crippen molar-refractivity contribution in [2.24, 2.45) is 0 Å². The van der Waals surface area contributed by atoms with Gasteiger partial charge in [0.1, 0.15) is 5.75 Å². The molecule has 3 aromatic rings. The van der Waals surface area contributed by atoms with Gasteiger partial charge in [0, 0.05) is 28.6 Å². The predicted molar refractivity (Wildman–Crippen MR) is 109 cm³/mol. The molecule has 0 fully saturated rings. The Morgan fingerprint density at radius 3 is 2.36 bits per heavy atom. The van der Waals surface area contributed by atoms with Crippen molar-refractivity contribution in [3.8, 4) is 5.75 Å². The molecule has 0 amide bonds. The van der Waals surface area contributed by atoms with Gasteiger partial charge >= 0.3 is 5.97 Å². The number of hydrogen-bond acceptors (Lipinski definition) is 5. The minimum absolute atomic E-state index is 0.0439. The summed E-state index contributed by atoms with van der Waals surface area (Å²) in [5, 5.41) is 12.6. The van der Waals surface area contributed by atoms with Gasteiger partial charge in [-0.05, 0) is 29.7 Å². The van der Waals surface area contributed by atoms with Gasteiger partial charge in [-0.25, -0.2) is 4.79 Å². The van der Waals surface area contributed by atoms with E-state index in [0.29, 0.717) is 17.7 Å². The summed E-state index contributed by atoms with van der Waals surface area (Å²) in [6, 6.07) is 14.8. The average Bonchev–Trinajstić information content (AvgIpc) is 3.00. The number of rotatable bonds is 3. The number of carbonyl (C=O) groups is 2. The Kier molecular flexibility index (Phi) is 4.11. The number of aldehydes is 1. The summed E-state index contributed by atoms with van der Waals surface area (Å²) in [5.41, 5.74) is 3.02. The molecule has 0 radical (unpaired) electrons. The van der Waals surface area contributed by atoms with Gasteiger partial charge in [-0.3, -0.25) is 4.79 Å². The quantitative estimate of drug-likeness (QED) is 0.536. The van der Waals surface area contributed by atoms with Crippen molar-refractivity contribution in [1.82, 2.24) is 0 Å². The number of ether oxygens (including phenoxy) is 1. The van der Waals surface area contributed by atoms with E-state index < -0.39 is 0 Å². The second-order valence-corrected chi connectivity index (χ2v) is 7.66. The number of methoxy groups -OCH3 is 1. The molecule has 0 saturated carbocycles. The molecule has 5 nitrogen and oxygen atoms in total. The Hall–Kier alpha value is -3.34. The van der Waals surface area contributed by atoms with Crippen LogP contribution in [0.3, 0.4) is 0 Å². The number of fused-ring (bicyclic) bond motifs is 3. The van der Waals surface area contributed by atoms with Crippen LogP contribution in [0.2, 0.25) is 0 Å². The molecular weight excluding hydrogens is 354 g/mol. The Balaban J connectivity index is 1.96. The number of phenols is 1. The van der Waals surface area contributed by atoms with Crippen LogP contribution in [0.15, 0.2) is 48.5 Å². The fraction of sp³-hybridized carbons (Fsp3) is 0.217. The third-order valence-corrected chi connectivity index (χ3v) is 5.42. The van der Waals surface area contributed by atoms with E-state index in [0.717, 1.165) is 34.0 Å². The lowest BCUT2D eigenvalue weighted by atomic mass is 9.83. The maximum atomic E-state index is 11.7. The monoisotopic (exact) mass is 375 g/mol. The van der Waals surface area contributed by atoms with Crippen LogP contribution in [0.1, 0.15) is 40.1 Å². The van der Waals surface area contributed by atoms with E-state index in [9.17, 15) is 14.7 Å². The van der Waals surface area contributed by atoms with Gasteiger partial charge in [-0.15, -0.1) is 0 Å². The molecule has 0 bridgehead atoms. The van der Waals surface area contributed by atoms with Crippen LogP contribution in [0.4, 0.5) is 11.4 Å². The van der Waals surface area contributed by atoms with Crippen LogP contribution in [0.5, 0.6) is 5.75 Å². The molecule has 28 heavy (non-hydrogen) atoms. The Labute approximate surface area is 163 Å². The molecule has 142 valence electrons. The van der Waals surface area contributed by atoms with Gasteiger partial charge in [0.05, 0.1) is 23.9 Å². The van der Waals surface area contributed by atoms with E-state index in [1.165, 1.54) is 7.11 Å². The number of hydrogen-bond donors (Lipinski definition) is 1. The van der Waals surface area contributed by atoms with Crippen molar-refractivity contribution in [3.63, 3.8) is 0 Å². The zero-order valence-corrected chi connectivity index (χ0v) is 16.0. The van der Waals surface area contributed by atoms with Gasteiger partial charge in [0.2, 0.25) is 0 Å². The van der Waals surface area contributed by atoms with Crippen LogP contribution < -0.4 is 4.90 Å². The summed E-state index contributed by atoms with van der Waals surface area (Å²) >= 11 is 0. The summed E-state index contributed by atoms with van der Waals surface area (Å²) in [4.78, 5) is 25.6. The van der Waals surface area contributed by atoms with Gasteiger partial charge in [0.15, 0.2) is 6.29 Å². The number of esters is 1. The molecule has 3 aromatic carbocycles. The smallest absolute Gasteiger partial charge is 0.337 e. The lowest BCUT2D eigenvalue weighted by Crippen LogP contribution is -2.25. The van der Waals surface area contributed by atoms with E-state index in [-0.39, 0.29) is 17.1 Å². The normalized spacial score (nSPS) is 14.8. The Morgan fingerprint density at radius 2 is 1.75 bits per heavy atom. The lowest BCUT2D eigenvalue weighted by Gasteiger charge is -2.23. The third-order valence-electron chi connectivity index (χ3n) is 5.42. The lowest BCUT2D eigenvalue weighted by molar-refractivity contribution is 0.0600. The minimum Gasteiger partial charge on any atom is -0.507 e. The molecule has 5 heteroatoms. The first kappa shape index (κ1) is 18.0. The van der Waals surface area contributed by atoms with E-state index in [1.54, 1.807) is 12.1 Å². The second-order valence-electron chi connectivity index (χ2n) is 7.66. The number of phenolic OH excluding ortho intramolecular Hbond substituents is 1. The zero-order chi connectivity index (χ0) is 20.1. The first-order valence-corrected chi connectivity index (χ1v) is 9.08. The van der Waals surface area contributed by atoms with Crippen LogP contribution in [-0.2, 0) is 10.2 Å². The highest BCUT2D eigenvalue weighted by Gasteiger charge is 2.40.